The molecule has 0 atom stereocenters. The molecule has 4 heterocycles. The first-order valence-corrected chi connectivity index (χ1v) is 24.4. The second-order valence-corrected chi connectivity index (χ2v) is 18.8. The van der Waals surface area contributed by atoms with Crippen LogP contribution in [0.1, 0.15) is 16.7 Å². The molecule has 9 aromatic carbocycles. The summed E-state index contributed by atoms with van der Waals surface area (Å²) in [5, 5.41) is 4.88. The van der Waals surface area contributed by atoms with Gasteiger partial charge >= 0.3 is 0 Å². The highest BCUT2D eigenvalue weighted by Gasteiger charge is 2.22. The molecule has 13 aromatic rings. The van der Waals surface area contributed by atoms with Crippen molar-refractivity contribution >= 4 is 43.6 Å². The quantitative estimate of drug-likeness (QED) is 0.152. The zero-order valence-corrected chi connectivity index (χ0v) is 39.8. The molecule has 13 rings (SSSR count). The highest BCUT2D eigenvalue weighted by molar-refractivity contribution is 6.14. The number of aryl methyl sites for hydroxylation is 3. The first kappa shape index (κ1) is 42.0. The lowest BCUT2D eigenvalue weighted by molar-refractivity contribution is 1.18. The molecule has 0 saturated carbocycles. The van der Waals surface area contributed by atoms with E-state index >= 15 is 0 Å². The molecule has 4 heteroatoms. The summed E-state index contributed by atoms with van der Waals surface area (Å²) in [5.74, 6) is 0. The van der Waals surface area contributed by atoms with Crippen LogP contribution >= 0.6 is 0 Å². The van der Waals surface area contributed by atoms with Crippen molar-refractivity contribution in [2.45, 2.75) is 20.8 Å². The van der Waals surface area contributed by atoms with Gasteiger partial charge in [-0.1, -0.05) is 121 Å². The number of hydrogen-bond donors (Lipinski definition) is 0. The fourth-order valence-corrected chi connectivity index (χ4v) is 11.1. The number of para-hydroxylation sites is 4. The molecule has 0 radical (unpaired) electrons. The molecular formula is C67H48N4. The van der Waals surface area contributed by atoms with Gasteiger partial charge < -0.3 is 9.13 Å². The monoisotopic (exact) mass is 908 g/mol. The Morgan fingerprint density at radius 3 is 1.13 bits per heavy atom. The van der Waals surface area contributed by atoms with E-state index in [0.717, 1.165) is 33.9 Å². The molecule has 4 aromatic heterocycles. The summed E-state index contributed by atoms with van der Waals surface area (Å²) in [6.45, 7) is 6.71. The third-order valence-electron chi connectivity index (χ3n) is 14.3. The van der Waals surface area contributed by atoms with Gasteiger partial charge in [-0.15, -0.1) is 0 Å². The Balaban J connectivity index is 1.08. The number of fused-ring (bicyclic) bond motifs is 6. The largest absolute Gasteiger partial charge is 0.309 e. The summed E-state index contributed by atoms with van der Waals surface area (Å²) >= 11 is 0. The first-order chi connectivity index (χ1) is 34.9. The maximum Gasteiger partial charge on any atom is 0.0702 e. The molecule has 0 N–H and O–H groups in total. The minimum Gasteiger partial charge on any atom is -0.309 e. The van der Waals surface area contributed by atoms with Crippen molar-refractivity contribution in [2.24, 2.45) is 0 Å². The van der Waals surface area contributed by atoms with Crippen molar-refractivity contribution < 1.29 is 0 Å². The number of pyridine rings is 2. The predicted octanol–water partition coefficient (Wildman–Crippen LogP) is 17.6. The van der Waals surface area contributed by atoms with Crippen LogP contribution in [0.4, 0.5) is 0 Å². The van der Waals surface area contributed by atoms with Gasteiger partial charge in [-0.25, -0.2) is 0 Å². The lowest BCUT2D eigenvalue weighted by Crippen LogP contribution is -1.96. The van der Waals surface area contributed by atoms with Crippen LogP contribution in [0, 0.1) is 20.8 Å². The van der Waals surface area contributed by atoms with Gasteiger partial charge in [0.1, 0.15) is 0 Å². The smallest absolute Gasteiger partial charge is 0.0702 e. The summed E-state index contributed by atoms with van der Waals surface area (Å²) in [7, 11) is 0. The minimum atomic E-state index is 0.964. The molecule has 0 amide bonds. The summed E-state index contributed by atoms with van der Waals surface area (Å²) < 4.78 is 4.85. The van der Waals surface area contributed by atoms with Crippen LogP contribution in [-0.4, -0.2) is 19.1 Å². The normalized spacial score (nSPS) is 11.6. The van der Waals surface area contributed by atoms with Gasteiger partial charge in [0, 0.05) is 56.4 Å². The maximum absolute atomic E-state index is 4.71. The second-order valence-electron chi connectivity index (χ2n) is 18.8. The van der Waals surface area contributed by atoms with Crippen molar-refractivity contribution in [3.63, 3.8) is 0 Å². The van der Waals surface area contributed by atoms with Gasteiger partial charge in [0.15, 0.2) is 0 Å². The molecule has 0 spiro atoms. The number of benzene rings is 9. The Labute approximate surface area is 413 Å². The van der Waals surface area contributed by atoms with E-state index in [-0.39, 0.29) is 0 Å². The average Bonchev–Trinajstić information content (AvgIpc) is 3.93. The lowest BCUT2D eigenvalue weighted by atomic mass is 9.86. The summed E-state index contributed by atoms with van der Waals surface area (Å²) in [6, 6.07) is 81.9. The van der Waals surface area contributed by atoms with E-state index in [1.54, 1.807) is 0 Å². The molecule has 336 valence electrons. The number of hydrogen-bond acceptors (Lipinski definition) is 2. The molecule has 0 saturated heterocycles. The van der Waals surface area contributed by atoms with Crippen LogP contribution in [0.15, 0.2) is 237 Å². The van der Waals surface area contributed by atoms with Crippen LogP contribution in [0.5, 0.6) is 0 Å². The van der Waals surface area contributed by atoms with E-state index in [4.69, 9.17) is 9.97 Å². The average molecular weight is 909 g/mol. The standard InChI is InChI=1S/C67H48N4/c1-43-34-48(56-39-60-54-22-10-12-26-64(54)70(50-18-6-4-7-19-50)66(60)41-58(56)52-30-28-46(36-44(52)2)62-24-14-16-32-68-62)38-49(35-43)57-40-61-55-23-11-13-27-65(55)71(51-20-8-5-9-21-51)67(61)42-59(57)53-31-29-47(37-45(53)3)63-25-15-17-33-69-63/h4-42H,1-3H3. The van der Waals surface area contributed by atoms with Gasteiger partial charge in [0.2, 0.25) is 0 Å². The Kier molecular flexibility index (Phi) is 10.1. The third kappa shape index (κ3) is 7.23. The van der Waals surface area contributed by atoms with Crippen LogP contribution in [-0.2, 0) is 0 Å². The van der Waals surface area contributed by atoms with Crippen molar-refractivity contribution in [1.29, 1.82) is 0 Å². The Hall–Kier alpha value is -9.12. The number of aromatic nitrogens is 4. The highest BCUT2D eigenvalue weighted by atomic mass is 15.0. The molecule has 0 aliphatic carbocycles. The van der Waals surface area contributed by atoms with Crippen LogP contribution in [0.2, 0.25) is 0 Å². The van der Waals surface area contributed by atoms with Crippen molar-refractivity contribution in [1.82, 2.24) is 19.1 Å². The van der Waals surface area contributed by atoms with Crippen LogP contribution in [0.25, 0.3) is 122 Å². The molecule has 0 aliphatic heterocycles. The van der Waals surface area contributed by atoms with Crippen molar-refractivity contribution in [3.8, 4) is 78.4 Å². The molecule has 0 unspecified atom stereocenters. The molecule has 4 nitrogen and oxygen atoms in total. The summed E-state index contributed by atoms with van der Waals surface area (Å²) in [6.07, 6.45) is 3.73. The first-order valence-electron chi connectivity index (χ1n) is 24.4. The maximum atomic E-state index is 4.71. The number of nitrogens with zero attached hydrogens (tertiary/aromatic N) is 4. The highest BCUT2D eigenvalue weighted by Crippen LogP contribution is 2.46. The molecule has 0 fully saturated rings. The van der Waals surface area contributed by atoms with E-state index in [2.05, 4.69) is 242 Å². The van der Waals surface area contributed by atoms with E-state index in [9.17, 15) is 0 Å². The van der Waals surface area contributed by atoms with Gasteiger partial charge in [0.25, 0.3) is 0 Å². The topological polar surface area (TPSA) is 35.6 Å². The Bertz CT molecular complexity index is 3900. The zero-order chi connectivity index (χ0) is 47.6. The van der Waals surface area contributed by atoms with Crippen LogP contribution < -0.4 is 0 Å². The van der Waals surface area contributed by atoms with Crippen LogP contribution in [0.3, 0.4) is 0 Å². The van der Waals surface area contributed by atoms with E-state index in [1.165, 1.54) is 105 Å². The fourth-order valence-electron chi connectivity index (χ4n) is 11.1. The minimum absolute atomic E-state index is 0.964. The van der Waals surface area contributed by atoms with Crippen molar-refractivity contribution in [2.75, 3.05) is 0 Å². The fraction of sp³-hybridized carbons (Fsp3) is 0.0448. The van der Waals surface area contributed by atoms with E-state index in [1.807, 2.05) is 24.5 Å². The predicted molar refractivity (Wildman–Crippen MR) is 298 cm³/mol. The van der Waals surface area contributed by atoms with E-state index in [0.29, 0.717) is 0 Å². The van der Waals surface area contributed by atoms with Crippen molar-refractivity contribution in [3.05, 3.63) is 254 Å². The summed E-state index contributed by atoms with van der Waals surface area (Å²) in [4.78, 5) is 9.43. The third-order valence-corrected chi connectivity index (χ3v) is 14.3. The molecular weight excluding hydrogens is 861 g/mol. The Morgan fingerprint density at radius 1 is 0.282 bits per heavy atom. The van der Waals surface area contributed by atoms with E-state index < -0.39 is 0 Å². The SMILES string of the molecule is Cc1cc(-c2cc3c4ccccc4n(-c4ccccc4)c3cc2-c2ccc(-c3ccccn3)cc2C)cc(-c2cc3c4ccccc4n(-c4ccccc4)c3cc2-c2ccc(-c3ccccn3)cc2C)c1. The molecule has 0 bridgehead atoms. The Morgan fingerprint density at radius 2 is 0.704 bits per heavy atom. The van der Waals surface area contributed by atoms with Gasteiger partial charge in [0.05, 0.1) is 33.5 Å². The summed E-state index contributed by atoms with van der Waals surface area (Å²) in [5.41, 5.74) is 24.1. The molecule has 0 aliphatic rings. The van der Waals surface area contributed by atoms with Gasteiger partial charge in [-0.3, -0.25) is 9.97 Å². The number of rotatable bonds is 8. The zero-order valence-electron chi connectivity index (χ0n) is 39.8. The lowest BCUT2D eigenvalue weighted by Gasteiger charge is -2.19. The molecule has 71 heavy (non-hydrogen) atoms. The van der Waals surface area contributed by atoms with Gasteiger partial charge in [-0.2, -0.15) is 0 Å². The van der Waals surface area contributed by atoms with Gasteiger partial charge in [-0.05, 0) is 185 Å². The second kappa shape index (κ2) is 17.1.